The molecule has 1 rings (SSSR count). The van der Waals surface area contributed by atoms with E-state index in [2.05, 4.69) is 5.10 Å². The third-order valence-electron chi connectivity index (χ3n) is 1.25. The van der Waals surface area contributed by atoms with E-state index in [-0.39, 0.29) is 16.3 Å². The first-order valence-corrected chi connectivity index (χ1v) is 3.30. The highest BCUT2D eigenvalue weighted by molar-refractivity contribution is 6.31. The molecule has 0 aliphatic carbocycles. The van der Waals surface area contributed by atoms with Crippen LogP contribution in [0.25, 0.3) is 0 Å². The van der Waals surface area contributed by atoms with Gasteiger partial charge in [0.25, 0.3) is 0 Å². The van der Waals surface area contributed by atoms with Gasteiger partial charge >= 0.3 is 5.56 Å². The number of rotatable bonds is 1. The van der Waals surface area contributed by atoms with Crippen molar-refractivity contribution in [1.82, 2.24) is 9.78 Å². The number of methoxy groups -OCH3 is 1. The first kappa shape index (κ1) is 8.07. The summed E-state index contributed by atoms with van der Waals surface area (Å²) in [5.74, 6) is 0.129. The van der Waals surface area contributed by atoms with Crippen molar-refractivity contribution in [1.29, 1.82) is 0 Å². The van der Waals surface area contributed by atoms with Gasteiger partial charge in [-0.1, -0.05) is 11.6 Å². The van der Waals surface area contributed by atoms with Crippen molar-refractivity contribution >= 4 is 11.6 Å². The molecule has 0 N–H and O–H groups in total. The van der Waals surface area contributed by atoms with Crippen LogP contribution >= 0.6 is 11.6 Å². The molecule has 5 heteroatoms. The average Bonchev–Trinajstić information content (AvgIpc) is 1.99. The Hall–Kier alpha value is -1.03. The third kappa shape index (κ3) is 1.35. The van der Waals surface area contributed by atoms with Crippen LogP contribution in [-0.2, 0) is 7.05 Å². The molecule has 0 saturated heterocycles. The topological polar surface area (TPSA) is 44.1 Å². The summed E-state index contributed by atoms with van der Waals surface area (Å²) in [6, 6.07) is 0. The van der Waals surface area contributed by atoms with Crippen molar-refractivity contribution < 1.29 is 4.74 Å². The maximum absolute atomic E-state index is 11.1. The highest BCUT2D eigenvalue weighted by Crippen LogP contribution is 2.15. The predicted octanol–water partition coefficient (Wildman–Crippen LogP) is 0.442. The van der Waals surface area contributed by atoms with Crippen molar-refractivity contribution in [2.24, 2.45) is 7.05 Å². The van der Waals surface area contributed by atoms with Gasteiger partial charge in [-0.3, -0.25) is 4.79 Å². The quantitative estimate of drug-likeness (QED) is 0.621. The van der Waals surface area contributed by atoms with Crippen molar-refractivity contribution in [2.75, 3.05) is 7.11 Å². The molecular formula is C6H7ClN2O2. The maximum Gasteiger partial charge on any atom is 0.310 e. The fraction of sp³-hybridized carbons (Fsp3) is 0.333. The Balaban J connectivity index is 3.41. The maximum atomic E-state index is 11.1. The van der Waals surface area contributed by atoms with Crippen LogP contribution in [0.4, 0.5) is 0 Å². The molecule has 0 unspecified atom stereocenters. The molecule has 1 aromatic heterocycles. The lowest BCUT2D eigenvalue weighted by atomic mass is 10.5. The van der Waals surface area contributed by atoms with Crippen molar-refractivity contribution in [3.8, 4) is 5.75 Å². The summed E-state index contributed by atoms with van der Waals surface area (Å²) in [6.07, 6.45) is 1.36. The summed E-state index contributed by atoms with van der Waals surface area (Å²) in [5, 5.41) is 3.91. The predicted molar refractivity (Wildman–Crippen MR) is 41.0 cm³/mol. The summed E-state index contributed by atoms with van der Waals surface area (Å²) in [5.41, 5.74) is -0.333. The van der Waals surface area contributed by atoms with Gasteiger partial charge in [-0.25, -0.2) is 4.68 Å². The highest BCUT2D eigenvalue weighted by Gasteiger charge is 2.06. The number of hydrogen-bond acceptors (Lipinski definition) is 3. The summed E-state index contributed by atoms with van der Waals surface area (Å²) in [4.78, 5) is 11.1. The fourth-order valence-corrected chi connectivity index (χ4v) is 0.884. The van der Waals surface area contributed by atoms with Crippen LogP contribution in [0.2, 0.25) is 5.02 Å². The molecule has 0 amide bonds. The Kier molecular flexibility index (Phi) is 2.14. The van der Waals surface area contributed by atoms with Crippen LogP contribution in [0, 0.1) is 0 Å². The molecular weight excluding hydrogens is 168 g/mol. The van der Waals surface area contributed by atoms with E-state index in [1.54, 1.807) is 0 Å². The largest absolute Gasteiger partial charge is 0.490 e. The molecule has 0 bridgehead atoms. The third-order valence-corrected chi connectivity index (χ3v) is 1.52. The molecule has 0 radical (unpaired) electrons. The molecule has 0 fully saturated rings. The summed E-state index contributed by atoms with van der Waals surface area (Å²) in [7, 11) is 2.92. The van der Waals surface area contributed by atoms with E-state index in [9.17, 15) is 4.79 Å². The lowest BCUT2D eigenvalue weighted by Gasteiger charge is -2.01. The summed E-state index contributed by atoms with van der Waals surface area (Å²) in [6.45, 7) is 0. The van der Waals surface area contributed by atoms with E-state index in [1.807, 2.05) is 0 Å². The number of halogens is 1. The Morgan fingerprint density at radius 1 is 1.73 bits per heavy atom. The van der Waals surface area contributed by atoms with Gasteiger partial charge in [0.15, 0.2) is 0 Å². The molecule has 60 valence electrons. The molecule has 0 spiro atoms. The molecule has 0 atom stereocenters. The Morgan fingerprint density at radius 2 is 2.36 bits per heavy atom. The summed E-state index contributed by atoms with van der Waals surface area (Å²) >= 11 is 5.60. The second kappa shape index (κ2) is 2.92. The van der Waals surface area contributed by atoms with E-state index in [0.29, 0.717) is 0 Å². The zero-order valence-corrected chi connectivity index (χ0v) is 6.92. The molecule has 4 nitrogen and oxygen atoms in total. The van der Waals surface area contributed by atoms with Crippen LogP contribution in [0.1, 0.15) is 0 Å². The molecule has 0 saturated carbocycles. The van der Waals surface area contributed by atoms with Gasteiger partial charge in [0.2, 0.25) is 5.75 Å². The van der Waals surface area contributed by atoms with Gasteiger partial charge in [-0.05, 0) is 0 Å². The van der Waals surface area contributed by atoms with Gasteiger partial charge in [-0.15, -0.1) is 0 Å². The second-order valence-corrected chi connectivity index (χ2v) is 2.36. The van der Waals surface area contributed by atoms with Crippen LogP contribution in [-0.4, -0.2) is 16.9 Å². The van der Waals surface area contributed by atoms with Gasteiger partial charge in [0, 0.05) is 7.05 Å². The number of hydrogen-bond donors (Lipinski definition) is 0. The Bertz CT molecular complexity index is 321. The van der Waals surface area contributed by atoms with E-state index in [4.69, 9.17) is 16.3 Å². The molecule has 0 aromatic carbocycles. The van der Waals surface area contributed by atoms with Gasteiger partial charge in [-0.2, -0.15) is 5.10 Å². The van der Waals surface area contributed by atoms with Crippen LogP contribution in [0.15, 0.2) is 11.0 Å². The number of aryl methyl sites for hydroxylation is 1. The molecule has 1 heterocycles. The van der Waals surface area contributed by atoms with Crippen molar-refractivity contribution in [3.05, 3.63) is 21.6 Å². The number of ether oxygens (including phenoxy) is 1. The SMILES string of the molecule is COc1c(Cl)cnn(C)c1=O. The minimum absolute atomic E-state index is 0.129. The van der Waals surface area contributed by atoms with Crippen molar-refractivity contribution in [2.45, 2.75) is 0 Å². The van der Waals surface area contributed by atoms with Crippen LogP contribution < -0.4 is 10.3 Å². The Labute approximate surface area is 68.4 Å². The van der Waals surface area contributed by atoms with E-state index < -0.39 is 0 Å². The zero-order valence-electron chi connectivity index (χ0n) is 6.17. The van der Waals surface area contributed by atoms with E-state index in [0.717, 1.165) is 4.68 Å². The Morgan fingerprint density at radius 3 is 2.82 bits per heavy atom. The summed E-state index contributed by atoms with van der Waals surface area (Å²) < 4.78 is 5.91. The lowest BCUT2D eigenvalue weighted by molar-refractivity contribution is 0.401. The standard InChI is InChI=1S/C6H7ClN2O2/c1-9-6(10)5(11-2)4(7)3-8-9/h3H,1-2H3. The molecule has 0 aliphatic rings. The van der Waals surface area contributed by atoms with Gasteiger partial charge in [0.05, 0.1) is 13.3 Å². The zero-order chi connectivity index (χ0) is 8.43. The number of nitrogens with zero attached hydrogens (tertiary/aromatic N) is 2. The van der Waals surface area contributed by atoms with Crippen LogP contribution in [0.5, 0.6) is 5.75 Å². The minimum atomic E-state index is -0.333. The van der Waals surface area contributed by atoms with Gasteiger partial charge in [0.1, 0.15) is 5.02 Å². The fourth-order valence-electron chi connectivity index (χ4n) is 0.682. The monoisotopic (exact) mass is 174 g/mol. The molecule has 11 heavy (non-hydrogen) atoms. The van der Waals surface area contributed by atoms with Gasteiger partial charge < -0.3 is 4.74 Å². The van der Waals surface area contributed by atoms with E-state index in [1.165, 1.54) is 20.4 Å². The van der Waals surface area contributed by atoms with E-state index >= 15 is 0 Å². The number of aromatic nitrogens is 2. The lowest BCUT2D eigenvalue weighted by Crippen LogP contribution is -2.20. The second-order valence-electron chi connectivity index (χ2n) is 1.95. The first-order chi connectivity index (χ1) is 5.16. The molecule has 1 aromatic rings. The minimum Gasteiger partial charge on any atom is -0.490 e. The van der Waals surface area contributed by atoms with Crippen molar-refractivity contribution in [3.63, 3.8) is 0 Å². The molecule has 0 aliphatic heterocycles. The van der Waals surface area contributed by atoms with Crippen LogP contribution in [0.3, 0.4) is 0 Å². The normalized spacial score (nSPS) is 9.73. The average molecular weight is 175 g/mol. The smallest absolute Gasteiger partial charge is 0.310 e. The highest BCUT2D eigenvalue weighted by atomic mass is 35.5. The first-order valence-electron chi connectivity index (χ1n) is 2.92.